The Morgan fingerprint density at radius 3 is 2.41 bits per heavy atom. The maximum absolute atomic E-state index is 16.0. The number of aliphatic hydroxyl groups excluding tert-OH is 1. The Morgan fingerprint density at radius 2 is 1.83 bits per heavy atom. The molecule has 250 valence electrons. The summed E-state index contributed by atoms with van der Waals surface area (Å²) in [5.41, 5.74) is -0.761. The van der Waals surface area contributed by atoms with Crippen LogP contribution in [-0.2, 0) is 25.0 Å². The largest absolute Gasteiger partial charge is 0.434 e. The van der Waals surface area contributed by atoms with Gasteiger partial charge in [0, 0.05) is 29.6 Å². The van der Waals surface area contributed by atoms with E-state index in [1.165, 1.54) is 42.5 Å². The molecule has 1 heterocycles. The second-order valence-electron chi connectivity index (χ2n) is 12.4. The van der Waals surface area contributed by atoms with Crippen LogP contribution in [0.5, 0.6) is 0 Å². The van der Waals surface area contributed by atoms with E-state index in [4.69, 9.17) is 16.3 Å². The van der Waals surface area contributed by atoms with Crippen LogP contribution in [0.4, 0.5) is 13.6 Å². The van der Waals surface area contributed by atoms with E-state index in [0.717, 1.165) is 25.3 Å². The van der Waals surface area contributed by atoms with Gasteiger partial charge < -0.3 is 31.1 Å². The Kier molecular flexibility index (Phi) is 11.6. The first-order valence-electron chi connectivity index (χ1n) is 15.5. The molecule has 0 radical (unpaired) electrons. The zero-order chi connectivity index (χ0) is 33.5. The molecule has 3 unspecified atom stereocenters. The van der Waals surface area contributed by atoms with Gasteiger partial charge in [-0.3, -0.25) is 14.4 Å². The van der Waals surface area contributed by atoms with Gasteiger partial charge in [0.05, 0.1) is 6.04 Å². The van der Waals surface area contributed by atoms with Gasteiger partial charge in [0.25, 0.3) is 5.91 Å². The second kappa shape index (κ2) is 15.2. The average Bonchev–Trinajstić information content (AvgIpc) is 3.42. The molecule has 13 heteroatoms. The minimum atomic E-state index is -3.70. The van der Waals surface area contributed by atoms with E-state index in [-0.39, 0.29) is 41.3 Å². The summed E-state index contributed by atoms with van der Waals surface area (Å²) in [4.78, 5) is 52.0. The van der Waals surface area contributed by atoms with Crippen LogP contribution in [0.15, 0.2) is 54.6 Å². The molecule has 0 spiro atoms. The fourth-order valence-electron chi connectivity index (χ4n) is 5.98. The molecule has 5 N–H and O–H groups in total. The van der Waals surface area contributed by atoms with Crippen LogP contribution in [0.3, 0.4) is 0 Å². The summed E-state index contributed by atoms with van der Waals surface area (Å²) in [6.45, 7) is 4.29. The quantitative estimate of drug-likeness (QED) is 0.203. The highest BCUT2D eigenvalue weighted by Crippen LogP contribution is 2.45. The molecule has 4 amide bonds. The van der Waals surface area contributed by atoms with Crippen LogP contribution in [-0.4, -0.2) is 60.2 Å². The Hall–Kier alpha value is -3.77. The highest BCUT2D eigenvalue weighted by atomic mass is 35.5. The Labute approximate surface area is 272 Å². The first-order chi connectivity index (χ1) is 21.8. The van der Waals surface area contributed by atoms with Gasteiger partial charge in [0.1, 0.15) is 6.04 Å². The number of hydrogen-bond acceptors (Lipinski definition) is 6. The first kappa shape index (κ1) is 35.1. The smallest absolute Gasteiger partial charge is 0.408 e. The third kappa shape index (κ3) is 8.73. The van der Waals surface area contributed by atoms with Crippen molar-refractivity contribution < 1.29 is 37.8 Å². The molecule has 1 aliphatic heterocycles. The molecule has 2 aromatic carbocycles. The number of benzene rings is 2. The monoisotopic (exact) mass is 662 g/mol. The minimum Gasteiger partial charge on any atom is -0.434 e. The van der Waals surface area contributed by atoms with Crippen molar-refractivity contribution in [2.45, 2.75) is 82.6 Å². The summed E-state index contributed by atoms with van der Waals surface area (Å²) in [7, 11) is 0. The molecule has 2 fully saturated rings. The van der Waals surface area contributed by atoms with E-state index >= 15 is 8.78 Å². The maximum Gasteiger partial charge on any atom is 0.408 e. The van der Waals surface area contributed by atoms with Crippen LogP contribution >= 0.6 is 11.6 Å². The van der Waals surface area contributed by atoms with Crippen LogP contribution in [0.25, 0.3) is 0 Å². The lowest BCUT2D eigenvalue weighted by Crippen LogP contribution is -2.57. The standard InChI is InChI=1S/C33H41ClF2N4O6/c1-3-37-30(44)26(41)24(17-21-13-16-38-28(21)42)39-29(43)25(19-32(2)14-8-15-32)40-31(45)46-27(20-9-5-4-6-10-20)33(35,36)22-11-7-12-23(34)18-22/h4-7,9-12,18,21,24-27,41H,3,8,13-17,19H2,1-2H3,(H,37,44)(H,38,42)(H,39,43)(H,40,45)/t21-,24-,25?,26?,27?/m0/s1. The number of aliphatic hydroxyl groups is 1. The predicted octanol–water partition coefficient (Wildman–Crippen LogP) is 4.36. The van der Waals surface area contributed by atoms with Gasteiger partial charge >= 0.3 is 12.0 Å². The van der Waals surface area contributed by atoms with Crippen molar-refractivity contribution in [2.24, 2.45) is 11.3 Å². The lowest BCUT2D eigenvalue weighted by atomic mass is 9.67. The summed E-state index contributed by atoms with van der Waals surface area (Å²) >= 11 is 5.99. The molecular weight excluding hydrogens is 622 g/mol. The van der Waals surface area contributed by atoms with Crippen molar-refractivity contribution in [1.82, 2.24) is 21.3 Å². The molecule has 4 rings (SSSR count). The molecule has 1 saturated heterocycles. The van der Waals surface area contributed by atoms with Gasteiger partial charge in [-0.25, -0.2) is 4.79 Å². The molecule has 1 aliphatic carbocycles. The molecule has 10 nitrogen and oxygen atoms in total. The molecule has 2 aromatic rings. The number of nitrogens with one attached hydrogen (secondary N) is 4. The Balaban J connectivity index is 1.57. The number of alkyl carbamates (subject to hydrolysis) is 1. The highest BCUT2D eigenvalue weighted by Gasteiger charge is 2.46. The topological polar surface area (TPSA) is 146 Å². The fraction of sp³-hybridized carbons (Fsp3) is 0.515. The van der Waals surface area contributed by atoms with Crippen LogP contribution in [0.1, 0.15) is 69.6 Å². The van der Waals surface area contributed by atoms with Crippen LogP contribution in [0.2, 0.25) is 5.02 Å². The summed E-state index contributed by atoms with van der Waals surface area (Å²) in [5, 5.41) is 21.3. The van der Waals surface area contributed by atoms with E-state index in [2.05, 4.69) is 21.3 Å². The second-order valence-corrected chi connectivity index (χ2v) is 12.8. The number of ether oxygens (including phenoxy) is 1. The number of carbonyl (C=O) groups excluding carboxylic acids is 4. The Bertz CT molecular complexity index is 1390. The number of hydrogen-bond donors (Lipinski definition) is 5. The van der Waals surface area contributed by atoms with Gasteiger partial charge in [-0.15, -0.1) is 0 Å². The average molecular weight is 663 g/mol. The zero-order valence-electron chi connectivity index (χ0n) is 25.9. The summed E-state index contributed by atoms with van der Waals surface area (Å²) in [6, 6.07) is 10.2. The van der Waals surface area contributed by atoms with Crippen LogP contribution < -0.4 is 21.3 Å². The van der Waals surface area contributed by atoms with Crippen molar-refractivity contribution in [1.29, 1.82) is 0 Å². The SMILES string of the molecule is CCNC(=O)C(O)[C@H](C[C@@H]1CCNC1=O)NC(=O)C(CC1(C)CCC1)NC(=O)OC(c1ccccc1)C(F)(F)c1cccc(Cl)c1. The predicted molar refractivity (Wildman–Crippen MR) is 167 cm³/mol. The van der Waals surface area contributed by atoms with Crippen molar-refractivity contribution >= 4 is 35.4 Å². The summed E-state index contributed by atoms with van der Waals surface area (Å²) in [6.07, 6.45) is -1.93. The molecular formula is C33H41ClF2N4O6. The van der Waals surface area contributed by atoms with Crippen molar-refractivity contribution in [3.63, 3.8) is 0 Å². The molecule has 2 aliphatic rings. The lowest BCUT2D eigenvalue weighted by Gasteiger charge is -2.41. The number of rotatable bonds is 14. The minimum absolute atomic E-state index is 0.0216. The summed E-state index contributed by atoms with van der Waals surface area (Å²) in [5.74, 6) is -5.97. The van der Waals surface area contributed by atoms with E-state index in [0.29, 0.717) is 13.0 Å². The molecule has 1 saturated carbocycles. The molecule has 5 atom stereocenters. The van der Waals surface area contributed by atoms with E-state index in [1.807, 2.05) is 6.92 Å². The first-order valence-corrected chi connectivity index (χ1v) is 15.9. The normalized spacial score (nSPS) is 19.9. The number of carbonyl (C=O) groups is 4. The van der Waals surface area contributed by atoms with Gasteiger partial charge in [-0.2, -0.15) is 8.78 Å². The third-order valence-corrected chi connectivity index (χ3v) is 9.00. The zero-order valence-corrected chi connectivity index (χ0v) is 26.6. The molecule has 0 aromatic heterocycles. The number of halogens is 3. The highest BCUT2D eigenvalue weighted by molar-refractivity contribution is 6.30. The van der Waals surface area contributed by atoms with Gasteiger partial charge in [0.15, 0.2) is 12.2 Å². The van der Waals surface area contributed by atoms with Gasteiger partial charge in [-0.1, -0.05) is 67.4 Å². The van der Waals surface area contributed by atoms with Crippen molar-refractivity contribution in [3.8, 4) is 0 Å². The van der Waals surface area contributed by atoms with Crippen LogP contribution in [0, 0.1) is 11.3 Å². The number of alkyl halides is 2. The Morgan fingerprint density at radius 1 is 1.11 bits per heavy atom. The van der Waals surface area contributed by atoms with Gasteiger partial charge in [-0.05, 0) is 62.1 Å². The molecule has 46 heavy (non-hydrogen) atoms. The van der Waals surface area contributed by atoms with E-state index in [9.17, 15) is 24.3 Å². The van der Waals surface area contributed by atoms with Crippen molar-refractivity contribution in [2.75, 3.05) is 13.1 Å². The van der Waals surface area contributed by atoms with Crippen molar-refractivity contribution in [3.05, 3.63) is 70.7 Å². The summed E-state index contributed by atoms with van der Waals surface area (Å²) < 4.78 is 37.3. The number of likely N-dealkylation sites (N-methyl/N-ethyl adjacent to an activating group) is 1. The third-order valence-electron chi connectivity index (χ3n) is 8.76. The van der Waals surface area contributed by atoms with E-state index < -0.39 is 59.6 Å². The fourth-order valence-corrected chi connectivity index (χ4v) is 6.17. The van der Waals surface area contributed by atoms with E-state index in [1.54, 1.807) is 13.0 Å². The maximum atomic E-state index is 16.0. The molecule has 0 bridgehead atoms. The lowest BCUT2D eigenvalue weighted by molar-refractivity contribution is -0.134. The number of amides is 4. The van der Waals surface area contributed by atoms with Gasteiger partial charge in [0.2, 0.25) is 11.8 Å².